The van der Waals surface area contributed by atoms with Gasteiger partial charge < -0.3 is 0 Å². The minimum Gasteiger partial charge on any atom is -0.193 e. The maximum absolute atomic E-state index is 8.97. The number of nitrogens with zero attached hydrogens (tertiary/aromatic N) is 1. The molecule has 1 heteroatoms. The number of unbranched alkanes of at least 4 members (excludes halogenated alkanes) is 2. The molecule has 1 rings (SSSR count). The standard InChI is InChI=1S/C14H17N/c1-2-3-5-10-14(12-15)11-13-8-6-4-7-9-13/h4,6-9,11H,2-3,5,10H2,1H3/b14-11+. The van der Waals surface area contributed by atoms with Crippen molar-refractivity contribution in [1.82, 2.24) is 0 Å². The van der Waals surface area contributed by atoms with E-state index in [1.807, 2.05) is 36.4 Å². The predicted molar refractivity (Wildman–Crippen MR) is 64.2 cm³/mol. The van der Waals surface area contributed by atoms with Gasteiger partial charge >= 0.3 is 0 Å². The molecule has 0 aliphatic carbocycles. The third kappa shape index (κ3) is 4.46. The molecule has 1 aromatic carbocycles. The summed E-state index contributed by atoms with van der Waals surface area (Å²) in [5.74, 6) is 0. The minimum absolute atomic E-state index is 0.884. The van der Waals surface area contributed by atoms with Gasteiger partial charge in [0.1, 0.15) is 0 Å². The average molecular weight is 199 g/mol. The van der Waals surface area contributed by atoms with E-state index in [0.717, 1.165) is 24.0 Å². The first-order valence-corrected chi connectivity index (χ1v) is 5.52. The highest BCUT2D eigenvalue weighted by Crippen LogP contribution is 2.12. The van der Waals surface area contributed by atoms with Crippen LogP contribution in [0, 0.1) is 11.3 Å². The lowest BCUT2D eigenvalue weighted by molar-refractivity contribution is 0.722. The molecular weight excluding hydrogens is 182 g/mol. The topological polar surface area (TPSA) is 23.8 Å². The number of hydrogen-bond donors (Lipinski definition) is 0. The monoisotopic (exact) mass is 199 g/mol. The van der Waals surface area contributed by atoms with Crippen molar-refractivity contribution in [2.45, 2.75) is 32.6 Å². The molecule has 1 aromatic rings. The first-order chi connectivity index (χ1) is 7.36. The van der Waals surface area contributed by atoms with E-state index in [0.29, 0.717) is 0 Å². The third-order valence-corrected chi connectivity index (χ3v) is 2.33. The van der Waals surface area contributed by atoms with E-state index >= 15 is 0 Å². The maximum atomic E-state index is 8.97. The van der Waals surface area contributed by atoms with Crippen molar-refractivity contribution in [3.63, 3.8) is 0 Å². The molecule has 0 amide bonds. The van der Waals surface area contributed by atoms with E-state index in [4.69, 9.17) is 5.26 Å². The van der Waals surface area contributed by atoms with Crippen LogP contribution in [0.4, 0.5) is 0 Å². The van der Waals surface area contributed by atoms with E-state index in [1.54, 1.807) is 0 Å². The number of allylic oxidation sites excluding steroid dienone is 1. The Balaban J connectivity index is 2.59. The van der Waals surface area contributed by atoms with Crippen LogP contribution >= 0.6 is 0 Å². The Hall–Kier alpha value is -1.55. The van der Waals surface area contributed by atoms with E-state index in [-0.39, 0.29) is 0 Å². The van der Waals surface area contributed by atoms with Crippen molar-refractivity contribution in [2.75, 3.05) is 0 Å². The van der Waals surface area contributed by atoms with Gasteiger partial charge in [-0.3, -0.25) is 0 Å². The third-order valence-electron chi connectivity index (χ3n) is 2.33. The molecule has 0 bridgehead atoms. The zero-order chi connectivity index (χ0) is 10.9. The highest BCUT2D eigenvalue weighted by Gasteiger charge is 1.96. The van der Waals surface area contributed by atoms with E-state index in [1.165, 1.54) is 12.8 Å². The molecule has 0 heterocycles. The van der Waals surface area contributed by atoms with Crippen LogP contribution in [-0.2, 0) is 0 Å². The molecule has 78 valence electrons. The van der Waals surface area contributed by atoms with Gasteiger partial charge in [-0.2, -0.15) is 5.26 Å². The maximum Gasteiger partial charge on any atom is 0.0947 e. The lowest BCUT2D eigenvalue weighted by Gasteiger charge is -1.98. The van der Waals surface area contributed by atoms with Gasteiger partial charge in [0.2, 0.25) is 0 Å². The van der Waals surface area contributed by atoms with Crippen LogP contribution in [0.1, 0.15) is 38.2 Å². The van der Waals surface area contributed by atoms with Gasteiger partial charge in [-0.05, 0) is 24.5 Å². The summed E-state index contributed by atoms with van der Waals surface area (Å²) in [5.41, 5.74) is 2.00. The molecule has 1 nitrogen and oxygen atoms in total. The van der Waals surface area contributed by atoms with E-state index in [2.05, 4.69) is 13.0 Å². The second kappa shape index (κ2) is 6.84. The molecule has 0 fully saturated rings. The summed E-state index contributed by atoms with van der Waals surface area (Å²) < 4.78 is 0. The van der Waals surface area contributed by atoms with Crippen LogP contribution in [-0.4, -0.2) is 0 Å². The van der Waals surface area contributed by atoms with Gasteiger partial charge in [-0.1, -0.05) is 50.1 Å². The molecule has 0 radical (unpaired) electrons. The van der Waals surface area contributed by atoms with Crippen LogP contribution in [0.2, 0.25) is 0 Å². The normalized spacial score (nSPS) is 11.1. The lowest BCUT2D eigenvalue weighted by atomic mass is 10.1. The molecule has 0 aliphatic heterocycles. The van der Waals surface area contributed by atoms with E-state index < -0.39 is 0 Å². The van der Waals surface area contributed by atoms with Crippen molar-refractivity contribution in [3.8, 4) is 6.07 Å². The van der Waals surface area contributed by atoms with Crippen LogP contribution in [0.25, 0.3) is 6.08 Å². The largest absolute Gasteiger partial charge is 0.193 e. The number of hydrogen-bond acceptors (Lipinski definition) is 1. The second-order valence-electron chi connectivity index (χ2n) is 3.65. The first-order valence-electron chi connectivity index (χ1n) is 5.52. The smallest absolute Gasteiger partial charge is 0.0947 e. The molecule has 15 heavy (non-hydrogen) atoms. The minimum atomic E-state index is 0.884. The van der Waals surface area contributed by atoms with Gasteiger partial charge in [-0.15, -0.1) is 0 Å². The predicted octanol–water partition coefficient (Wildman–Crippen LogP) is 4.17. The summed E-state index contributed by atoms with van der Waals surface area (Å²) in [5, 5.41) is 8.97. The Morgan fingerprint density at radius 2 is 2.00 bits per heavy atom. The molecule has 0 N–H and O–H groups in total. The van der Waals surface area contributed by atoms with Gasteiger partial charge in [0.15, 0.2) is 0 Å². The SMILES string of the molecule is CCCCC/C(C#N)=C\c1ccccc1. The fourth-order valence-corrected chi connectivity index (χ4v) is 1.48. The average Bonchev–Trinajstić information content (AvgIpc) is 2.29. The Morgan fingerprint density at radius 1 is 1.27 bits per heavy atom. The summed E-state index contributed by atoms with van der Waals surface area (Å²) in [7, 11) is 0. The molecule has 0 saturated carbocycles. The number of rotatable bonds is 5. The molecule has 0 spiro atoms. The fourth-order valence-electron chi connectivity index (χ4n) is 1.48. The van der Waals surface area contributed by atoms with Crippen molar-refractivity contribution in [1.29, 1.82) is 5.26 Å². The first kappa shape index (κ1) is 11.5. The zero-order valence-corrected chi connectivity index (χ0v) is 9.24. The quantitative estimate of drug-likeness (QED) is 0.515. The fraction of sp³-hybridized carbons (Fsp3) is 0.357. The van der Waals surface area contributed by atoms with Crippen LogP contribution in [0.5, 0.6) is 0 Å². The van der Waals surface area contributed by atoms with Crippen LogP contribution in [0.3, 0.4) is 0 Å². The summed E-state index contributed by atoms with van der Waals surface area (Å²) in [6.07, 6.45) is 6.40. The van der Waals surface area contributed by atoms with Crippen LogP contribution < -0.4 is 0 Å². The van der Waals surface area contributed by atoms with Crippen molar-refractivity contribution >= 4 is 6.08 Å². The van der Waals surface area contributed by atoms with Gasteiger partial charge in [0, 0.05) is 5.57 Å². The summed E-state index contributed by atoms with van der Waals surface area (Å²) in [6, 6.07) is 12.3. The van der Waals surface area contributed by atoms with Gasteiger partial charge in [0.25, 0.3) is 0 Å². The Kier molecular flexibility index (Phi) is 5.25. The molecule has 0 atom stereocenters. The van der Waals surface area contributed by atoms with Crippen molar-refractivity contribution < 1.29 is 0 Å². The molecule has 0 aromatic heterocycles. The molecule has 0 unspecified atom stereocenters. The summed E-state index contributed by atoms with van der Waals surface area (Å²) >= 11 is 0. The molecular formula is C14H17N. The zero-order valence-electron chi connectivity index (χ0n) is 9.24. The highest BCUT2D eigenvalue weighted by atomic mass is 14.2. The summed E-state index contributed by atoms with van der Waals surface area (Å²) in [6.45, 7) is 2.17. The van der Waals surface area contributed by atoms with Crippen molar-refractivity contribution in [2.24, 2.45) is 0 Å². The Bertz CT molecular complexity index is 343. The Morgan fingerprint density at radius 3 is 2.60 bits per heavy atom. The van der Waals surface area contributed by atoms with Gasteiger partial charge in [-0.25, -0.2) is 0 Å². The van der Waals surface area contributed by atoms with Crippen molar-refractivity contribution in [3.05, 3.63) is 41.5 Å². The van der Waals surface area contributed by atoms with Gasteiger partial charge in [0.05, 0.1) is 6.07 Å². The second-order valence-corrected chi connectivity index (χ2v) is 3.65. The van der Waals surface area contributed by atoms with E-state index in [9.17, 15) is 0 Å². The van der Waals surface area contributed by atoms with Crippen LogP contribution in [0.15, 0.2) is 35.9 Å². The summed E-state index contributed by atoms with van der Waals surface area (Å²) in [4.78, 5) is 0. The molecule has 0 saturated heterocycles. The Labute approximate surface area is 92.1 Å². The number of nitriles is 1. The lowest BCUT2D eigenvalue weighted by Crippen LogP contribution is -1.81. The number of benzene rings is 1. The molecule has 0 aliphatic rings. The highest BCUT2D eigenvalue weighted by molar-refractivity contribution is 5.56.